The van der Waals surface area contributed by atoms with Gasteiger partial charge in [-0.15, -0.1) is 0 Å². The van der Waals surface area contributed by atoms with Gasteiger partial charge in [-0.05, 0) is 37.0 Å². The van der Waals surface area contributed by atoms with Gasteiger partial charge in [0.25, 0.3) is 5.91 Å². The molecule has 0 saturated carbocycles. The highest BCUT2D eigenvalue weighted by atomic mass is 35.5. The fraction of sp³-hybridized carbons (Fsp3) is 0.412. The summed E-state index contributed by atoms with van der Waals surface area (Å²) < 4.78 is 1.87. The number of piperidine rings is 1. The summed E-state index contributed by atoms with van der Waals surface area (Å²) in [6.45, 7) is 4.83. The SMILES string of the molecule is Cc1cccc(Cl)c1CN1CCC(n2cnc(C(N)=O)c2N)CC1. The minimum atomic E-state index is -0.585. The number of halogens is 1. The Labute approximate surface area is 146 Å². The summed E-state index contributed by atoms with van der Waals surface area (Å²) in [5.74, 6) is -0.222. The fourth-order valence-electron chi connectivity index (χ4n) is 3.30. The number of primary amides is 1. The average Bonchev–Trinajstić information content (AvgIpc) is 2.93. The number of aromatic nitrogens is 2. The van der Waals surface area contributed by atoms with Gasteiger partial charge in [-0.25, -0.2) is 4.98 Å². The van der Waals surface area contributed by atoms with E-state index in [0.717, 1.165) is 37.5 Å². The molecule has 128 valence electrons. The highest BCUT2D eigenvalue weighted by Crippen LogP contribution is 2.28. The molecule has 2 aromatic rings. The van der Waals surface area contributed by atoms with Gasteiger partial charge >= 0.3 is 0 Å². The summed E-state index contributed by atoms with van der Waals surface area (Å²) in [4.78, 5) is 17.7. The Morgan fingerprint density at radius 1 is 1.38 bits per heavy atom. The van der Waals surface area contributed by atoms with Gasteiger partial charge in [-0.2, -0.15) is 0 Å². The second-order valence-corrected chi connectivity index (χ2v) is 6.70. The minimum Gasteiger partial charge on any atom is -0.383 e. The van der Waals surface area contributed by atoms with E-state index in [1.54, 1.807) is 6.33 Å². The molecule has 4 N–H and O–H groups in total. The highest BCUT2D eigenvalue weighted by molar-refractivity contribution is 6.31. The van der Waals surface area contributed by atoms with Gasteiger partial charge < -0.3 is 16.0 Å². The van der Waals surface area contributed by atoms with Crippen LogP contribution in [0.4, 0.5) is 5.82 Å². The van der Waals surface area contributed by atoms with Crippen LogP contribution in [0.1, 0.15) is 40.5 Å². The van der Waals surface area contributed by atoms with Crippen LogP contribution in [-0.2, 0) is 6.54 Å². The zero-order valence-corrected chi connectivity index (χ0v) is 14.5. The zero-order valence-electron chi connectivity index (χ0n) is 13.7. The van der Waals surface area contributed by atoms with E-state index in [0.29, 0.717) is 5.82 Å². The molecule has 6 nitrogen and oxygen atoms in total. The number of anilines is 1. The number of nitrogen functional groups attached to an aromatic ring is 1. The summed E-state index contributed by atoms with van der Waals surface area (Å²) in [6, 6.07) is 6.25. The first-order valence-corrected chi connectivity index (χ1v) is 8.43. The molecule has 1 amide bonds. The first-order chi connectivity index (χ1) is 11.5. The van der Waals surface area contributed by atoms with Crippen LogP contribution in [-0.4, -0.2) is 33.4 Å². The molecule has 1 aromatic heterocycles. The number of hydrogen-bond acceptors (Lipinski definition) is 4. The number of hydrogen-bond donors (Lipinski definition) is 2. The summed E-state index contributed by atoms with van der Waals surface area (Å²) in [5.41, 5.74) is 13.8. The molecule has 0 spiro atoms. The lowest BCUT2D eigenvalue weighted by molar-refractivity contribution is 0.0997. The van der Waals surface area contributed by atoms with Gasteiger partial charge in [-0.3, -0.25) is 9.69 Å². The van der Waals surface area contributed by atoms with Crippen LogP contribution in [0.5, 0.6) is 0 Å². The van der Waals surface area contributed by atoms with Crippen molar-refractivity contribution in [2.45, 2.75) is 32.4 Å². The lowest BCUT2D eigenvalue weighted by Crippen LogP contribution is -2.34. The molecule has 1 aliphatic heterocycles. The number of carbonyl (C=O) groups excluding carboxylic acids is 1. The lowest BCUT2D eigenvalue weighted by Gasteiger charge is -2.33. The molecule has 0 atom stereocenters. The molecule has 1 aromatic carbocycles. The van der Waals surface area contributed by atoms with Gasteiger partial charge in [0.2, 0.25) is 0 Å². The monoisotopic (exact) mass is 347 g/mol. The lowest BCUT2D eigenvalue weighted by atomic mass is 10.0. The van der Waals surface area contributed by atoms with Crippen LogP contribution in [0.25, 0.3) is 0 Å². The highest BCUT2D eigenvalue weighted by Gasteiger charge is 2.24. The van der Waals surface area contributed by atoms with Crippen molar-refractivity contribution in [3.63, 3.8) is 0 Å². The Balaban J connectivity index is 1.65. The Hall–Kier alpha value is -2.05. The summed E-state index contributed by atoms with van der Waals surface area (Å²) in [6.07, 6.45) is 3.51. The first kappa shape index (κ1) is 16.8. The fourth-order valence-corrected chi connectivity index (χ4v) is 3.58. The number of nitrogens with zero attached hydrogens (tertiary/aromatic N) is 3. The van der Waals surface area contributed by atoms with Crippen molar-refractivity contribution in [1.82, 2.24) is 14.5 Å². The molecule has 1 aliphatic rings. The quantitative estimate of drug-likeness (QED) is 0.888. The number of rotatable bonds is 4. The third-order valence-corrected chi connectivity index (χ3v) is 5.10. The number of carbonyl (C=O) groups is 1. The number of amides is 1. The Kier molecular flexibility index (Phi) is 4.78. The molecule has 0 radical (unpaired) electrons. The van der Waals surface area contributed by atoms with E-state index in [1.807, 2.05) is 16.7 Å². The van der Waals surface area contributed by atoms with Crippen molar-refractivity contribution in [2.24, 2.45) is 5.73 Å². The second-order valence-electron chi connectivity index (χ2n) is 6.29. The van der Waals surface area contributed by atoms with Crippen LogP contribution in [0.15, 0.2) is 24.5 Å². The number of benzene rings is 1. The largest absolute Gasteiger partial charge is 0.383 e. The number of nitrogens with two attached hydrogens (primary N) is 2. The van der Waals surface area contributed by atoms with Crippen LogP contribution in [0.3, 0.4) is 0 Å². The van der Waals surface area contributed by atoms with Gasteiger partial charge in [0, 0.05) is 30.7 Å². The molecule has 0 bridgehead atoms. The second kappa shape index (κ2) is 6.83. The van der Waals surface area contributed by atoms with Crippen LogP contribution < -0.4 is 11.5 Å². The van der Waals surface area contributed by atoms with Crippen molar-refractivity contribution in [1.29, 1.82) is 0 Å². The van der Waals surface area contributed by atoms with Crippen molar-refractivity contribution in [2.75, 3.05) is 18.8 Å². The molecule has 7 heteroatoms. The normalized spacial score (nSPS) is 16.4. The Morgan fingerprint density at radius 2 is 2.08 bits per heavy atom. The zero-order chi connectivity index (χ0) is 17.3. The standard InChI is InChI=1S/C17H22ClN5O/c1-11-3-2-4-14(18)13(11)9-22-7-5-12(6-8-22)23-10-21-15(16(23)19)17(20)24/h2-4,10,12H,5-9,19H2,1H3,(H2,20,24). The van der Waals surface area contributed by atoms with Crippen molar-refractivity contribution in [3.05, 3.63) is 46.4 Å². The maximum Gasteiger partial charge on any atom is 0.271 e. The van der Waals surface area contributed by atoms with E-state index in [2.05, 4.69) is 22.9 Å². The topological polar surface area (TPSA) is 90.2 Å². The molecule has 0 unspecified atom stereocenters. The third kappa shape index (κ3) is 3.25. The van der Waals surface area contributed by atoms with Gasteiger partial charge in [0.1, 0.15) is 5.82 Å². The van der Waals surface area contributed by atoms with E-state index in [-0.39, 0.29) is 11.7 Å². The van der Waals surface area contributed by atoms with Crippen LogP contribution >= 0.6 is 11.6 Å². The number of aryl methyl sites for hydroxylation is 1. The molecule has 1 saturated heterocycles. The predicted octanol–water partition coefficient (Wildman–Crippen LogP) is 2.36. The maximum absolute atomic E-state index is 11.3. The first-order valence-electron chi connectivity index (χ1n) is 8.06. The minimum absolute atomic E-state index is 0.157. The van der Waals surface area contributed by atoms with Crippen LogP contribution in [0.2, 0.25) is 5.02 Å². The molecule has 2 heterocycles. The summed E-state index contributed by atoms with van der Waals surface area (Å²) >= 11 is 6.33. The summed E-state index contributed by atoms with van der Waals surface area (Å²) in [5, 5.41) is 0.821. The van der Waals surface area contributed by atoms with E-state index in [4.69, 9.17) is 23.1 Å². The third-order valence-electron chi connectivity index (χ3n) is 4.75. The van der Waals surface area contributed by atoms with Gasteiger partial charge in [-0.1, -0.05) is 23.7 Å². The average molecular weight is 348 g/mol. The Bertz CT molecular complexity index is 729. The predicted molar refractivity (Wildman–Crippen MR) is 94.9 cm³/mol. The molecular weight excluding hydrogens is 326 g/mol. The molecule has 24 heavy (non-hydrogen) atoms. The molecule has 0 aliphatic carbocycles. The molecular formula is C17H22ClN5O. The summed E-state index contributed by atoms with van der Waals surface area (Å²) in [7, 11) is 0. The van der Waals surface area contributed by atoms with Crippen LogP contribution in [0, 0.1) is 6.92 Å². The van der Waals surface area contributed by atoms with Gasteiger partial charge in [0.15, 0.2) is 5.69 Å². The maximum atomic E-state index is 11.3. The van der Waals surface area contributed by atoms with Gasteiger partial charge in [0.05, 0.1) is 6.33 Å². The van der Waals surface area contributed by atoms with E-state index < -0.39 is 5.91 Å². The molecule has 1 fully saturated rings. The Morgan fingerprint density at radius 3 is 2.67 bits per heavy atom. The molecule has 3 rings (SSSR count). The number of imidazole rings is 1. The van der Waals surface area contributed by atoms with Crippen molar-refractivity contribution >= 4 is 23.3 Å². The van der Waals surface area contributed by atoms with E-state index in [1.165, 1.54) is 11.1 Å². The smallest absolute Gasteiger partial charge is 0.271 e. The van der Waals surface area contributed by atoms with E-state index in [9.17, 15) is 4.79 Å². The van der Waals surface area contributed by atoms with E-state index >= 15 is 0 Å². The number of likely N-dealkylation sites (tertiary alicyclic amines) is 1. The van der Waals surface area contributed by atoms with Crippen molar-refractivity contribution < 1.29 is 4.79 Å². The van der Waals surface area contributed by atoms with Crippen molar-refractivity contribution in [3.8, 4) is 0 Å².